The first kappa shape index (κ1) is 10.9. The van der Waals surface area contributed by atoms with Crippen molar-refractivity contribution in [2.24, 2.45) is 0 Å². The second kappa shape index (κ2) is 4.94. The van der Waals surface area contributed by atoms with E-state index in [0.29, 0.717) is 19.2 Å². The third kappa shape index (κ3) is 3.18. The lowest BCUT2D eigenvalue weighted by molar-refractivity contribution is -0.142. The molecular weight excluding hydrogens is 192 g/mol. The Bertz CT molecular complexity index is 229. The minimum absolute atomic E-state index is 0.137. The van der Waals surface area contributed by atoms with Crippen LogP contribution in [0.2, 0.25) is 0 Å². The summed E-state index contributed by atoms with van der Waals surface area (Å²) in [7, 11) is 0. The van der Waals surface area contributed by atoms with Crippen LogP contribution in [-0.2, 0) is 9.53 Å². The molecule has 4 nitrogen and oxygen atoms in total. The van der Waals surface area contributed by atoms with E-state index in [1.54, 1.807) is 0 Å². The molecule has 2 fully saturated rings. The van der Waals surface area contributed by atoms with E-state index in [1.165, 1.54) is 19.4 Å². The summed E-state index contributed by atoms with van der Waals surface area (Å²) >= 11 is 0. The van der Waals surface area contributed by atoms with Crippen molar-refractivity contribution in [3.63, 3.8) is 0 Å². The second-order valence-electron chi connectivity index (χ2n) is 4.40. The van der Waals surface area contributed by atoms with E-state index in [1.807, 2.05) is 6.92 Å². The summed E-state index contributed by atoms with van der Waals surface area (Å²) in [5, 5.41) is 3.26. The van der Waals surface area contributed by atoms with Crippen LogP contribution >= 0.6 is 0 Å². The quantitative estimate of drug-likeness (QED) is 0.669. The van der Waals surface area contributed by atoms with Crippen molar-refractivity contribution in [3.8, 4) is 0 Å². The van der Waals surface area contributed by atoms with E-state index >= 15 is 0 Å². The van der Waals surface area contributed by atoms with Crippen LogP contribution in [0.15, 0.2) is 0 Å². The molecule has 4 heteroatoms. The topological polar surface area (TPSA) is 41.6 Å². The smallest absolute Gasteiger partial charge is 0.319 e. The molecule has 15 heavy (non-hydrogen) atoms. The summed E-state index contributed by atoms with van der Waals surface area (Å²) in [5.74, 6) is -0.137. The number of nitrogens with one attached hydrogen (secondary N) is 1. The Morgan fingerprint density at radius 1 is 1.47 bits per heavy atom. The summed E-state index contributed by atoms with van der Waals surface area (Å²) in [5.41, 5.74) is 0. The summed E-state index contributed by atoms with van der Waals surface area (Å²) in [6.07, 6.45) is 3.89. The van der Waals surface area contributed by atoms with Gasteiger partial charge in [-0.05, 0) is 26.2 Å². The third-order valence-corrected chi connectivity index (χ3v) is 3.12. The predicted octanol–water partition coefficient (Wildman–Crippen LogP) is 0.376. The van der Waals surface area contributed by atoms with Gasteiger partial charge in [0.05, 0.1) is 13.2 Å². The lowest BCUT2D eigenvalue weighted by atomic mass is 10.2. The highest BCUT2D eigenvalue weighted by Crippen LogP contribution is 2.29. The van der Waals surface area contributed by atoms with Crippen LogP contribution in [0.1, 0.15) is 26.2 Å². The number of carbonyl (C=O) groups is 1. The maximum absolute atomic E-state index is 11.1. The molecule has 2 rings (SSSR count). The molecule has 1 saturated heterocycles. The predicted molar refractivity (Wildman–Crippen MR) is 57.6 cm³/mol. The SMILES string of the molecule is CCOC(=O)CNC1CCN(C2CC2)C1. The zero-order chi connectivity index (χ0) is 10.7. The fourth-order valence-corrected chi connectivity index (χ4v) is 2.16. The second-order valence-corrected chi connectivity index (χ2v) is 4.40. The molecule has 86 valence electrons. The fourth-order valence-electron chi connectivity index (χ4n) is 2.16. The van der Waals surface area contributed by atoms with Gasteiger partial charge < -0.3 is 10.1 Å². The first-order valence-corrected chi connectivity index (χ1v) is 5.92. The molecular formula is C11H20N2O2. The van der Waals surface area contributed by atoms with Gasteiger partial charge in [0.15, 0.2) is 0 Å². The Hall–Kier alpha value is -0.610. The first-order valence-electron chi connectivity index (χ1n) is 5.92. The molecule has 1 heterocycles. The van der Waals surface area contributed by atoms with E-state index in [-0.39, 0.29) is 5.97 Å². The molecule has 1 saturated carbocycles. The van der Waals surface area contributed by atoms with Gasteiger partial charge in [0, 0.05) is 25.2 Å². The van der Waals surface area contributed by atoms with Crippen molar-refractivity contribution in [1.82, 2.24) is 10.2 Å². The van der Waals surface area contributed by atoms with Crippen molar-refractivity contribution < 1.29 is 9.53 Å². The van der Waals surface area contributed by atoms with E-state index < -0.39 is 0 Å². The van der Waals surface area contributed by atoms with Crippen molar-refractivity contribution in [2.75, 3.05) is 26.2 Å². The molecule has 1 atom stereocenters. The van der Waals surface area contributed by atoms with Crippen LogP contribution in [-0.4, -0.2) is 49.2 Å². The molecule has 1 unspecified atom stereocenters. The summed E-state index contributed by atoms with van der Waals surface area (Å²) in [4.78, 5) is 13.7. The lowest BCUT2D eigenvalue weighted by Crippen LogP contribution is -2.37. The number of nitrogens with zero attached hydrogens (tertiary/aromatic N) is 1. The molecule has 0 amide bonds. The van der Waals surface area contributed by atoms with Gasteiger partial charge in [0.2, 0.25) is 0 Å². The van der Waals surface area contributed by atoms with E-state index in [4.69, 9.17) is 4.74 Å². The Kier molecular flexibility index (Phi) is 3.59. The lowest BCUT2D eigenvalue weighted by Gasteiger charge is -2.15. The van der Waals surface area contributed by atoms with Gasteiger partial charge in [-0.15, -0.1) is 0 Å². The summed E-state index contributed by atoms with van der Waals surface area (Å²) in [6, 6.07) is 1.33. The van der Waals surface area contributed by atoms with Crippen LogP contribution < -0.4 is 5.32 Å². The minimum Gasteiger partial charge on any atom is -0.465 e. The number of likely N-dealkylation sites (tertiary alicyclic amines) is 1. The molecule has 1 aliphatic carbocycles. The van der Waals surface area contributed by atoms with Gasteiger partial charge in [0.1, 0.15) is 0 Å². The van der Waals surface area contributed by atoms with Crippen LogP contribution in [0.4, 0.5) is 0 Å². The zero-order valence-electron chi connectivity index (χ0n) is 9.37. The van der Waals surface area contributed by atoms with E-state index in [0.717, 1.165) is 19.0 Å². The van der Waals surface area contributed by atoms with Gasteiger partial charge in [-0.1, -0.05) is 0 Å². The normalized spacial score (nSPS) is 26.9. The number of carbonyl (C=O) groups excluding carboxylic acids is 1. The molecule has 1 N–H and O–H groups in total. The molecule has 2 aliphatic rings. The standard InChI is InChI=1S/C11H20N2O2/c1-2-15-11(14)7-12-9-5-6-13(8-9)10-3-4-10/h9-10,12H,2-8H2,1H3. The van der Waals surface area contributed by atoms with E-state index in [9.17, 15) is 4.79 Å². The highest BCUT2D eigenvalue weighted by atomic mass is 16.5. The maximum atomic E-state index is 11.1. The number of hydrogen-bond acceptors (Lipinski definition) is 4. The van der Waals surface area contributed by atoms with Crippen LogP contribution in [0.3, 0.4) is 0 Å². The van der Waals surface area contributed by atoms with Gasteiger partial charge in [-0.25, -0.2) is 0 Å². The monoisotopic (exact) mass is 212 g/mol. The van der Waals surface area contributed by atoms with Crippen LogP contribution in [0, 0.1) is 0 Å². The average molecular weight is 212 g/mol. The van der Waals surface area contributed by atoms with Crippen LogP contribution in [0.25, 0.3) is 0 Å². The van der Waals surface area contributed by atoms with Gasteiger partial charge in [-0.3, -0.25) is 9.69 Å². The van der Waals surface area contributed by atoms with Crippen molar-refractivity contribution in [1.29, 1.82) is 0 Å². The third-order valence-electron chi connectivity index (χ3n) is 3.12. The summed E-state index contributed by atoms with van der Waals surface area (Å²) < 4.78 is 4.87. The van der Waals surface area contributed by atoms with Crippen molar-refractivity contribution in [3.05, 3.63) is 0 Å². The maximum Gasteiger partial charge on any atom is 0.319 e. The van der Waals surface area contributed by atoms with Crippen LogP contribution in [0.5, 0.6) is 0 Å². The number of esters is 1. The first-order chi connectivity index (χ1) is 7.29. The molecule has 0 radical (unpaired) electrons. The highest BCUT2D eigenvalue weighted by molar-refractivity contribution is 5.71. The summed E-state index contributed by atoms with van der Waals surface area (Å²) in [6.45, 7) is 4.95. The molecule has 0 bridgehead atoms. The zero-order valence-corrected chi connectivity index (χ0v) is 9.37. The highest BCUT2D eigenvalue weighted by Gasteiger charge is 2.34. The van der Waals surface area contributed by atoms with Gasteiger partial charge in [0.25, 0.3) is 0 Å². The van der Waals surface area contributed by atoms with Crippen molar-refractivity contribution >= 4 is 5.97 Å². The Morgan fingerprint density at radius 2 is 2.27 bits per heavy atom. The fraction of sp³-hybridized carbons (Fsp3) is 0.909. The Morgan fingerprint density at radius 3 is 2.93 bits per heavy atom. The Labute approximate surface area is 91.0 Å². The number of rotatable bonds is 5. The molecule has 0 aromatic carbocycles. The number of hydrogen-bond donors (Lipinski definition) is 1. The largest absolute Gasteiger partial charge is 0.465 e. The molecule has 0 aromatic rings. The van der Waals surface area contributed by atoms with Crippen molar-refractivity contribution in [2.45, 2.75) is 38.3 Å². The minimum atomic E-state index is -0.137. The molecule has 1 aliphatic heterocycles. The number of ether oxygens (including phenoxy) is 1. The van der Waals surface area contributed by atoms with Gasteiger partial charge >= 0.3 is 5.97 Å². The van der Waals surface area contributed by atoms with Gasteiger partial charge in [-0.2, -0.15) is 0 Å². The molecule has 0 spiro atoms. The average Bonchev–Trinajstić information content (AvgIpc) is 2.96. The Balaban J connectivity index is 1.61. The molecule has 0 aromatic heterocycles. The van der Waals surface area contributed by atoms with E-state index in [2.05, 4.69) is 10.2 Å².